The number of hydrogen-bond donors (Lipinski definition) is 1. The maximum Gasteiger partial charge on any atom is 0.410 e. The van der Waals surface area contributed by atoms with Crippen molar-refractivity contribution >= 4 is 6.09 Å². The van der Waals surface area contributed by atoms with Gasteiger partial charge in [0, 0.05) is 18.6 Å². The molecule has 1 aliphatic heterocycles. The molecule has 1 aromatic carbocycles. The van der Waals surface area contributed by atoms with E-state index in [-0.39, 0.29) is 11.6 Å². The summed E-state index contributed by atoms with van der Waals surface area (Å²) in [5.41, 5.74) is 7.14. The van der Waals surface area contributed by atoms with Gasteiger partial charge in [0.2, 0.25) is 0 Å². The molecule has 1 amide bonds. The SMILES string of the molecule is NC12CCN(C(=O)OCc3ccccc3)CC1C2. The van der Waals surface area contributed by atoms with Crippen molar-refractivity contribution in [2.75, 3.05) is 13.1 Å². The number of amides is 1. The van der Waals surface area contributed by atoms with Crippen molar-refractivity contribution in [3.8, 4) is 0 Å². The molecule has 96 valence electrons. The highest BCUT2D eigenvalue weighted by Crippen LogP contribution is 2.47. The normalized spacial score (nSPS) is 29.6. The lowest BCUT2D eigenvalue weighted by Gasteiger charge is -2.28. The summed E-state index contributed by atoms with van der Waals surface area (Å²) in [6, 6.07) is 9.74. The number of likely N-dealkylation sites (tertiary alicyclic amines) is 1. The van der Waals surface area contributed by atoms with Gasteiger partial charge in [-0.25, -0.2) is 4.79 Å². The molecule has 0 aromatic heterocycles. The Morgan fingerprint density at radius 2 is 2.22 bits per heavy atom. The fourth-order valence-corrected chi connectivity index (χ4v) is 2.63. The number of benzene rings is 1. The summed E-state index contributed by atoms with van der Waals surface area (Å²) < 4.78 is 5.31. The molecule has 1 saturated carbocycles. The van der Waals surface area contributed by atoms with Crippen molar-refractivity contribution in [2.24, 2.45) is 11.7 Å². The number of piperidine rings is 1. The van der Waals surface area contributed by atoms with Crippen LogP contribution in [0.4, 0.5) is 4.79 Å². The molecule has 1 saturated heterocycles. The molecule has 0 spiro atoms. The third-order valence-corrected chi connectivity index (χ3v) is 4.03. The number of fused-ring (bicyclic) bond motifs is 1. The van der Waals surface area contributed by atoms with E-state index in [1.807, 2.05) is 30.3 Å². The summed E-state index contributed by atoms with van der Waals surface area (Å²) in [6.07, 6.45) is 1.74. The van der Waals surface area contributed by atoms with Gasteiger partial charge in [-0.2, -0.15) is 0 Å². The van der Waals surface area contributed by atoms with E-state index in [1.165, 1.54) is 0 Å². The fourth-order valence-electron chi connectivity index (χ4n) is 2.63. The number of nitrogens with zero attached hydrogens (tertiary/aromatic N) is 1. The molecule has 3 rings (SSSR count). The lowest BCUT2D eigenvalue weighted by molar-refractivity contribution is 0.0863. The fraction of sp³-hybridized carbons (Fsp3) is 0.500. The third-order valence-electron chi connectivity index (χ3n) is 4.03. The average Bonchev–Trinajstić information content (AvgIpc) is 3.07. The standard InChI is InChI=1S/C14H18N2O2/c15-14-6-7-16(9-12(14)8-14)13(17)18-10-11-4-2-1-3-5-11/h1-5,12H,6-10,15H2. The van der Waals surface area contributed by atoms with Crippen LogP contribution in [0, 0.1) is 5.92 Å². The summed E-state index contributed by atoms with van der Waals surface area (Å²) >= 11 is 0. The van der Waals surface area contributed by atoms with Crippen LogP contribution in [-0.4, -0.2) is 29.6 Å². The molecule has 4 heteroatoms. The van der Waals surface area contributed by atoms with Gasteiger partial charge in [-0.3, -0.25) is 0 Å². The molecule has 1 aliphatic carbocycles. The molecule has 18 heavy (non-hydrogen) atoms. The van der Waals surface area contributed by atoms with Gasteiger partial charge in [0.15, 0.2) is 0 Å². The highest BCUT2D eigenvalue weighted by atomic mass is 16.6. The largest absolute Gasteiger partial charge is 0.445 e. The smallest absolute Gasteiger partial charge is 0.410 e. The first-order valence-corrected chi connectivity index (χ1v) is 6.42. The third kappa shape index (κ3) is 2.20. The van der Waals surface area contributed by atoms with E-state index in [9.17, 15) is 4.79 Å². The molecule has 4 nitrogen and oxygen atoms in total. The quantitative estimate of drug-likeness (QED) is 0.865. The predicted octanol–water partition coefficient (Wildman–Crippen LogP) is 1.75. The van der Waals surface area contributed by atoms with Crippen molar-refractivity contribution in [1.82, 2.24) is 4.90 Å². The van der Waals surface area contributed by atoms with Crippen LogP contribution in [0.1, 0.15) is 18.4 Å². The van der Waals surface area contributed by atoms with Gasteiger partial charge in [0.1, 0.15) is 6.61 Å². The summed E-state index contributed by atoms with van der Waals surface area (Å²) in [5.74, 6) is 0.482. The topological polar surface area (TPSA) is 55.6 Å². The van der Waals surface area contributed by atoms with Crippen molar-refractivity contribution in [1.29, 1.82) is 0 Å². The highest BCUT2D eigenvalue weighted by Gasteiger charge is 2.54. The Morgan fingerprint density at radius 3 is 2.94 bits per heavy atom. The number of carbonyl (C=O) groups excluding carboxylic acids is 1. The van der Waals surface area contributed by atoms with Crippen LogP contribution in [0.25, 0.3) is 0 Å². The monoisotopic (exact) mass is 246 g/mol. The van der Waals surface area contributed by atoms with E-state index in [0.717, 1.165) is 31.5 Å². The first kappa shape index (κ1) is 11.5. The lowest BCUT2D eigenvalue weighted by Crippen LogP contribution is -2.44. The number of ether oxygens (including phenoxy) is 1. The van der Waals surface area contributed by atoms with Crippen LogP contribution < -0.4 is 5.73 Å². The predicted molar refractivity (Wildman–Crippen MR) is 67.8 cm³/mol. The van der Waals surface area contributed by atoms with Gasteiger partial charge in [-0.1, -0.05) is 30.3 Å². The summed E-state index contributed by atoms with van der Waals surface area (Å²) in [6.45, 7) is 1.82. The lowest BCUT2D eigenvalue weighted by atomic mass is 10.1. The minimum atomic E-state index is -0.215. The van der Waals surface area contributed by atoms with Crippen molar-refractivity contribution in [3.63, 3.8) is 0 Å². The minimum absolute atomic E-state index is 0.0240. The van der Waals surface area contributed by atoms with Gasteiger partial charge in [-0.05, 0) is 24.3 Å². The van der Waals surface area contributed by atoms with Crippen LogP contribution in [-0.2, 0) is 11.3 Å². The molecule has 0 radical (unpaired) electrons. The molecule has 0 bridgehead atoms. The highest BCUT2D eigenvalue weighted by molar-refractivity contribution is 5.68. The van der Waals surface area contributed by atoms with Crippen LogP contribution in [0.3, 0.4) is 0 Å². The van der Waals surface area contributed by atoms with Gasteiger partial charge in [0.25, 0.3) is 0 Å². The Labute approximate surface area is 107 Å². The number of rotatable bonds is 2. The Hall–Kier alpha value is -1.55. The Balaban J connectivity index is 1.50. The van der Waals surface area contributed by atoms with Crippen LogP contribution in [0.2, 0.25) is 0 Å². The van der Waals surface area contributed by atoms with E-state index >= 15 is 0 Å². The number of hydrogen-bond acceptors (Lipinski definition) is 3. The molecule has 2 aliphatic rings. The van der Waals surface area contributed by atoms with Crippen LogP contribution >= 0.6 is 0 Å². The van der Waals surface area contributed by atoms with Crippen molar-refractivity contribution in [2.45, 2.75) is 25.0 Å². The Bertz CT molecular complexity index is 448. The summed E-state index contributed by atoms with van der Waals surface area (Å²) in [4.78, 5) is 13.7. The molecule has 2 unspecified atom stereocenters. The minimum Gasteiger partial charge on any atom is -0.445 e. The molecular formula is C14H18N2O2. The van der Waals surface area contributed by atoms with Crippen LogP contribution in [0.5, 0.6) is 0 Å². The van der Waals surface area contributed by atoms with E-state index in [4.69, 9.17) is 10.5 Å². The molecule has 2 atom stereocenters. The first-order chi connectivity index (χ1) is 8.67. The Morgan fingerprint density at radius 1 is 1.44 bits per heavy atom. The van der Waals surface area contributed by atoms with E-state index in [0.29, 0.717) is 12.5 Å². The van der Waals surface area contributed by atoms with Gasteiger partial charge in [0.05, 0.1) is 0 Å². The van der Waals surface area contributed by atoms with Crippen molar-refractivity contribution < 1.29 is 9.53 Å². The van der Waals surface area contributed by atoms with Gasteiger partial charge >= 0.3 is 6.09 Å². The van der Waals surface area contributed by atoms with E-state index in [1.54, 1.807) is 4.90 Å². The van der Waals surface area contributed by atoms with Gasteiger partial charge < -0.3 is 15.4 Å². The van der Waals surface area contributed by atoms with Gasteiger partial charge in [-0.15, -0.1) is 0 Å². The number of carbonyl (C=O) groups is 1. The first-order valence-electron chi connectivity index (χ1n) is 6.42. The second-order valence-electron chi connectivity index (χ2n) is 5.37. The maximum absolute atomic E-state index is 11.9. The maximum atomic E-state index is 11.9. The molecule has 1 aromatic rings. The number of nitrogens with two attached hydrogens (primary N) is 1. The van der Waals surface area contributed by atoms with E-state index in [2.05, 4.69) is 0 Å². The Kier molecular flexibility index (Phi) is 2.74. The van der Waals surface area contributed by atoms with Crippen molar-refractivity contribution in [3.05, 3.63) is 35.9 Å². The molecule has 2 N–H and O–H groups in total. The molecule has 1 heterocycles. The average molecular weight is 246 g/mol. The second kappa shape index (κ2) is 4.28. The zero-order chi connectivity index (χ0) is 12.6. The summed E-state index contributed by atoms with van der Waals surface area (Å²) in [7, 11) is 0. The summed E-state index contributed by atoms with van der Waals surface area (Å²) in [5, 5.41) is 0. The van der Waals surface area contributed by atoms with E-state index < -0.39 is 0 Å². The second-order valence-corrected chi connectivity index (χ2v) is 5.37. The molecule has 2 fully saturated rings. The van der Waals surface area contributed by atoms with Crippen LogP contribution in [0.15, 0.2) is 30.3 Å². The molecular weight excluding hydrogens is 228 g/mol. The zero-order valence-electron chi connectivity index (χ0n) is 10.3. The zero-order valence-corrected chi connectivity index (χ0v) is 10.3.